The standard InChI is InChI=1S/C10H16N2O8.4C9H17NO2/c13-7(14)3-11(4-8(15)16)1-2-12(5-9(17)18)6-10(19)20;4*1-8(2)5-7(11)6-9(3,4)10(8)12/h1-6H2,(H,13,14)(H,15,16)(H,17,18)(H,19,20);4*12H,5-6H2,1-4H3. The summed E-state index contributed by atoms with van der Waals surface area (Å²) in [6.45, 7) is 27.8. The maximum absolute atomic E-state index is 11.3. The summed E-state index contributed by atoms with van der Waals surface area (Å²) in [5.41, 5.74) is -3.34. The van der Waals surface area contributed by atoms with Gasteiger partial charge in [0.2, 0.25) is 0 Å². The minimum Gasteiger partial charge on any atom is -0.480 e. The molecule has 4 fully saturated rings. The van der Waals surface area contributed by atoms with Gasteiger partial charge in [0.25, 0.3) is 0 Å². The molecule has 8 N–H and O–H groups in total. The van der Waals surface area contributed by atoms with Crippen LogP contribution in [0.2, 0.25) is 0 Å². The number of Topliss-reactive ketones (excluding diaryl/α,β-unsaturated/α-hetero) is 4. The van der Waals surface area contributed by atoms with E-state index < -0.39 is 94.4 Å². The summed E-state index contributed by atoms with van der Waals surface area (Å²) in [4.78, 5) is 89.6. The normalized spacial score (nSPS) is 23.6. The van der Waals surface area contributed by atoms with Crippen molar-refractivity contribution in [3.05, 3.63) is 0 Å². The predicted molar refractivity (Wildman–Crippen MR) is 248 cm³/mol. The summed E-state index contributed by atoms with van der Waals surface area (Å²) in [6, 6.07) is 0. The number of rotatable bonds is 11. The first-order valence-electron chi connectivity index (χ1n) is 22.6. The Labute approximate surface area is 401 Å². The SMILES string of the molecule is CC1(C)CC(=O)CC(C)(C)N1O.CC1(C)CC(=O)CC(C)(C)N1O.CC1(C)CC(=O)CC(C)(C)N1O.CC1(C)CC(=O)CC(C)(C)N1O.O=C(O)CN(CCN(CC(=O)O)CC(=O)O)CC(=O)O. The molecule has 22 nitrogen and oxygen atoms in total. The van der Waals surface area contributed by atoms with E-state index in [1.807, 2.05) is 111 Å². The Morgan fingerprint density at radius 1 is 0.338 bits per heavy atom. The van der Waals surface area contributed by atoms with E-state index in [2.05, 4.69) is 0 Å². The largest absolute Gasteiger partial charge is 0.480 e. The summed E-state index contributed by atoms with van der Waals surface area (Å²) in [6.07, 6.45) is 3.50. The highest BCUT2D eigenvalue weighted by atomic mass is 16.5. The lowest BCUT2D eigenvalue weighted by Gasteiger charge is -2.47. The third kappa shape index (κ3) is 21.0. The van der Waals surface area contributed by atoms with Gasteiger partial charge in [-0.2, -0.15) is 20.3 Å². The van der Waals surface area contributed by atoms with Crippen LogP contribution in [0.5, 0.6) is 0 Å². The molecule has 68 heavy (non-hydrogen) atoms. The van der Waals surface area contributed by atoms with Crippen molar-refractivity contribution in [2.45, 2.75) is 206 Å². The van der Waals surface area contributed by atoms with Crippen molar-refractivity contribution in [2.24, 2.45) is 0 Å². The fourth-order valence-corrected chi connectivity index (χ4v) is 9.46. The third-order valence-electron chi connectivity index (χ3n) is 11.8. The molecule has 4 heterocycles. The molecule has 4 saturated heterocycles. The number of carboxylic acid groups (broad SMARTS) is 4. The van der Waals surface area contributed by atoms with Gasteiger partial charge in [0.05, 0.1) is 26.2 Å². The zero-order chi connectivity index (χ0) is 54.0. The van der Waals surface area contributed by atoms with Crippen molar-refractivity contribution >= 4 is 47.0 Å². The average molecular weight is 977 g/mol. The number of hydrogen-bond acceptors (Lipinski definition) is 18. The number of carbonyl (C=O) groups is 8. The zero-order valence-electron chi connectivity index (χ0n) is 43.4. The number of hydrogen-bond donors (Lipinski definition) is 8. The first-order chi connectivity index (χ1) is 30.2. The van der Waals surface area contributed by atoms with Gasteiger partial charge in [-0.15, -0.1) is 0 Å². The fourth-order valence-electron chi connectivity index (χ4n) is 9.46. The molecule has 394 valence electrons. The molecule has 0 saturated carbocycles. The molecule has 22 heteroatoms. The number of aliphatic carboxylic acids is 4. The van der Waals surface area contributed by atoms with E-state index in [0.29, 0.717) is 51.4 Å². The molecule has 4 aliphatic heterocycles. The number of piperidine rings is 4. The second-order valence-corrected chi connectivity index (χ2v) is 23.3. The minimum absolute atomic E-state index is 0.0703. The van der Waals surface area contributed by atoms with Crippen molar-refractivity contribution < 1.29 is 79.6 Å². The highest BCUT2D eigenvalue weighted by Gasteiger charge is 2.47. The van der Waals surface area contributed by atoms with Crippen LogP contribution in [0.15, 0.2) is 0 Å². The predicted octanol–water partition coefficient (Wildman–Crippen LogP) is 4.32. The van der Waals surface area contributed by atoms with Crippen LogP contribution in [0, 0.1) is 0 Å². The second kappa shape index (κ2) is 24.3. The molecule has 0 aromatic heterocycles. The maximum Gasteiger partial charge on any atom is 0.317 e. The number of carbonyl (C=O) groups excluding carboxylic acids is 4. The summed E-state index contributed by atoms with van der Waals surface area (Å²) in [5.74, 6) is -3.98. The molecule has 0 radical (unpaired) electrons. The van der Waals surface area contributed by atoms with Gasteiger partial charge >= 0.3 is 23.9 Å². The highest BCUT2D eigenvalue weighted by Crippen LogP contribution is 2.37. The fraction of sp³-hybridized carbons (Fsp3) is 0.826. The molecule has 0 spiro atoms. The van der Waals surface area contributed by atoms with Crippen LogP contribution in [-0.4, -0.2) is 202 Å². The van der Waals surface area contributed by atoms with Gasteiger partial charge in [0.1, 0.15) is 23.1 Å². The van der Waals surface area contributed by atoms with E-state index in [1.54, 1.807) is 0 Å². The Hall–Kier alpha value is -3.84. The first kappa shape index (κ1) is 64.2. The Kier molecular flexibility index (Phi) is 23.0. The van der Waals surface area contributed by atoms with E-state index in [9.17, 15) is 59.2 Å². The number of hydroxylamine groups is 8. The average Bonchev–Trinajstić information content (AvgIpc) is 3.08. The summed E-state index contributed by atoms with van der Waals surface area (Å²) in [7, 11) is 0. The molecule has 4 aliphatic rings. The second-order valence-electron chi connectivity index (χ2n) is 23.3. The molecule has 0 bridgehead atoms. The van der Waals surface area contributed by atoms with Crippen molar-refractivity contribution in [1.82, 2.24) is 30.1 Å². The molecule has 0 aromatic rings. The van der Waals surface area contributed by atoms with Gasteiger partial charge in [0, 0.05) is 109 Å². The van der Waals surface area contributed by atoms with Gasteiger partial charge in [0.15, 0.2) is 0 Å². The van der Waals surface area contributed by atoms with Crippen molar-refractivity contribution in [3.8, 4) is 0 Å². The van der Waals surface area contributed by atoms with E-state index in [1.165, 1.54) is 20.3 Å². The van der Waals surface area contributed by atoms with Crippen LogP contribution >= 0.6 is 0 Å². The molecular formula is C46H84N6O16. The molecule has 0 unspecified atom stereocenters. The Morgan fingerprint density at radius 2 is 0.456 bits per heavy atom. The molecule has 0 aliphatic carbocycles. The van der Waals surface area contributed by atoms with E-state index >= 15 is 0 Å². The maximum atomic E-state index is 11.3. The molecule has 4 rings (SSSR count). The van der Waals surface area contributed by atoms with Crippen molar-refractivity contribution in [2.75, 3.05) is 39.3 Å². The van der Waals surface area contributed by atoms with Crippen LogP contribution in [0.4, 0.5) is 0 Å². The van der Waals surface area contributed by atoms with Crippen LogP contribution in [0.1, 0.15) is 162 Å². The van der Waals surface area contributed by atoms with Crippen LogP contribution < -0.4 is 0 Å². The van der Waals surface area contributed by atoms with E-state index in [0.717, 1.165) is 9.80 Å². The zero-order valence-corrected chi connectivity index (χ0v) is 43.4. The molecule has 0 amide bonds. The minimum atomic E-state index is -1.23. The van der Waals surface area contributed by atoms with Gasteiger partial charge in [-0.3, -0.25) is 48.2 Å². The Bertz CT molecular complexity index is 1480. The summed E-state index contributed by atoms with van der Waals surface area (Å²) >= 11 is 0. The lowest BCUT2D eigenvalue weighted by Crippen LogP contribution is -2.59. The third-order valence-corrected chi connectivity index (χ3v) is 11.8. The van der Waals surface area contributed by atoms with E-state index in [4.69, 9.17) is 20.4 Å². The number of ketones is 4. The number of carboxylic acids is 4. The highest BCUT2D eigenvalue weighted by molar-refractivity contribution is 5.83. The Morgan fingerprint density at radius 3 is 0.559 bits per heavy atom. The molecule has 0 aromatic carbocycles. The molecule has 0 atom stereocenters. The van der Waals surface area contributed by atoms with Gasteiger partial charge in [-0.05, 0) is 111 Å². The van der Waals surface area contributed by atoms with E-state index in [-0.39, 0.29) is 36.2 Å². The topological polar surface area (TPSA) is 318 Å². The lowest BCUT2D eigenvalue weighted by atomic mass is 9.81. The van der Waals surface area contributed by atoms with Gasteiger partial charge < -0.3 is 41.3 Å². The lowest BCUT2D eigenvalue weighted by molar-refractivity contribution is -0.237. The first-order valence-corrected chi connectivity index (χ1v) is 22.6. The Balaban J connectivity index is 0.000000839. The van der Waals surface area contributed by atoms with Crippen LogP contribution in [0.3, 0.4) is 0 Å². The summed E-state index contributed by atoms with van der Waals surface area (Å²) in [5, 5.41) is 78.7. The monoisotopic (exact) mass is 977 g/mol. The smallest absolute Gasteiger partial charge is 0.317 e. The van der Waals surface area contributed by atoms with Crippen molar-refractivity contribution in [3.63, 3.8) is 0 Å². The van der Waals surface area contributed by atoms with Crippen molar-refractivity contribution in [1.29, 1.82) is 0 Å². The molecular weight excluding hydrogens is 893 g/mol. The summed E-state index contributed by atoms with van der Waals surface area (Å²) < 4.78 is 0. The van der Waals surface area contributed by atoms with Crippen LogP contribution in [0.25, 0.3) is 0 Å². The van der Waals surface area contributed by atoms with Crippen LogP contribution in [-0.2, 0) is 38.4 Å². The van der Waals surface area contributed by atoms with Gasteiger partial charge in [-0.25, -0.2) is 0 Å². The quantitative estimate of drug-likeness (QED) is 0.143. The van der Waals surface area contributed by atoms with Gasteiger partial charge in [-0.1, -0.05) is 0 Å². The number of nitrogens with zero attached hydrogens (tertiary/aromatic N) is 6.